The lowest BCUT2D eigenvalue weighted by atomic mass is 9.98. The number of rotatable bonds is 3. The molecule has 0 heterocycles. The van der Waals surface area contributed by atoms with Crippen molar-refractivity contribution < 1.29 is 13.2 Å². The van der Waals surface area contributed by atoms with Gasteiger partial charge in [-0.25, -0.2) is 18.6 Å². The molecule has 0 fully saturated rings. The van der Waals surface area contributed by atoms with E-state index in [9.17, 15) is 13.2 Å². The van der Waals surface area contributed by atoms with Crippen molar-refractivity contribution in [1.29, 1.82) is 0 Å². The van der Waals surface area contributed by atoms with Crippen molar-refractivity contribution >= 4 is 27.5 Å². The van der Waals surface area contributed by atoms with Gasteiger partial charge in [0.2, 0.25) is 0 Å². The molecule has 0 spiro atoms. The van der Waals surface area contributed by atoms with Crippen LogP contribution in [0.1, 0.15) is 17.2 Å². The lowest BCUT2D eigenvalue weighted by Crippen LogP contribution is -2.30. The molecule has 0 bridgehead atoms. The summed E-state index contributed by atoms with van der Waals surface area (Å²) in [6, 6.07) is 5.95. The summed E-state index contributed by atoms with van der Waals surface area (Å²) in [4.78, 5) is 0. The van der Waals surface area contributed by atoms with E-state index in [1.165, 1.54) is 0 Å². The largest absolute Gasteiger partial charge is 0.271 e. The van der Waals surface area contributed by atoms with Gasteiger partial charge in [0, 0.05) is 15.1 Å². The number of nitrogens with two attached hydrogens (primary N) is 1. The Bertz CT molecular complexity index is 652. The van der Waals surface area contributed by atoms with Crippen molar-refractivity contribution in [2.45, 2.75) is 6.04 Å². The van der Waals surface area contributed by atoms with E-state index in [4.69, 9.17) is 17.4 Å². The molecule has 7 heteroatoms. The Morgan fingerprint density at radius 1 is 1.05 bits per heavy atom. The summed E-state index contributed by atoms with van der Waals surface area (Å²) in [5.41, 5.74) is 2.66. The van der Waals surface area contributed by atoms with Crippen molar-refractivity contribution in [2.75, 3.05) is 0 Å². The number of benzene rings is 2. The van der Waals surface area contributed by atoms with Crippen molar-refractivity contribution in [1.82, 2.24) is 5.43 Å². The van der Waals surface area contributed by atoms with E-state index in [0.717, 1.165) is 12.1 Å². The van der Waals surface area contributed by atoms with Gasteiger partial charge in [-0.2, -0.15) is 0 Å². The molecule has 0 aromatic heterocycles. The number of hydrazine groups is 1. The zero-order valence-electron chi connectivity index (χ0n) is 9.93. The molecule has 1 atom stereocenters. The van der Waals surface area contributed by atoms with E-state index in [-0.39, 0.29) is 5.56 Å². The predicted molar refractivity (Wildman–Crippen MR) is 74.6 cm³/mol. The fraction of sp³-hybridized carbons (Fsp3) is 0.0769. The van der Waals surface area contributed by atoms with Gasteiger partial charge in [-0.3, -0.25) is 5.84 Å². The minimum Gasteiger partial charge on any atom is -0.271 e. The van der Waals surface area contributed by atoms with Crippen LogP contribution in [-0.4, -0.2) is 0 Å². The summed E-state index contributed by atoms with van der Waals surface area (Å²) >= 11 is 9.29. The van der Waals surface area contributed by atoms with Gasteiger partial charge in [-0.15, -0.1) is 0 Å². The van der Waals surface area contributed by atoms with E-state index >= 15 is 0 Å². The van der Waals surface area contributed by atoms with Crippen LogP contribution in [0.4, 0.5) is 13.2 Å². The molecule has 2 aromatic rings. The lowest BCUT2D eigenvalue weighted by Gasteiger charge is -2.19. The first-order valence-electron chi connectivity index (χ1n) is 5.50. The molecular formula is C13H9BrClF3N2. The third-order valence-electron chi connectivity index (χ3n) is 2.81. The summed E-state index contributed by atoms with van der Waals surface area (Å²) in [5.74, 6) is 1.30. The summed E-state index contributed by atoms with van der Waals surface area (Å²) in [6.45, 7) is 0. The van der Waals surface area contributed by atoms with Crippen LogP contribution in [0.25, 0.3) is 0 Å². The quantitative estimate of drug-likeness (QED) is 0.489. The Morgan fingerprint density at radius 3 is 2.40 bits per heavy atom. The first-order chi connectivity index (χ1) is 9.45. The predicted octanol–water partition coefficient (Wildman–Crippen LogP) is 4.07. The van der Waals surface area contributed by atoms with Gasteiger partial charge >= 0.3 is 0 Å². The average molecular weight is 366 g/mol. The molecule has 2 aromatic carbocycles. The molecular weight excluding hydrogens is 357 g/mol. The van der Waals surface area contributed by atoms with Gasteiger partial charge in [0.25, 0.3) is 0 Å². The normalized spacial score (nSPS) is 12.5. The molecule has 0 aliphatic heterocycles. The molecule has 106 valence electrons. The summed E-state index contributed by atoms with van der Waals surface area (Å²) in [5, 5.41) is 0.320. The van der Waals surface area contributed by atoms with E-state index in [2.05, 4.69) is 21.4 Å². The van der Waals surface area contributed by atoms with E-state index in [1.807, 2.05) is 0 Å². The maximum absolute atomic E-state index is 13.9. The summed E-state index contributed by atoms with van der Waals surface area (Å²) < 4.78 is 40.8. The fourth-order valence-electron chi connectivity index (χ4n) is 1.85. The average Bonchev–Trinajstić information content (AvgIpc) is 2.43. The van der Waals surface area contributed by atoms with Gasteiger partial charge in [0.15, 0.2) is 17.5 Å². The van der Waals surface area contributed by atoms with Crippen LogP contribution in [0.15, 0.2) is 34.8 Å². The summed E-state index contributed by atoms with van der Waals surface area (Å²) in [7, 11) is 0. The second-order valence-corrected chi connectivity index (χ2v) is 5.35. The van der Waals surface area contributed by atoms with Crippen molar-refractivity contribution in [3.8, 4) is 0 Å². The van der Waals surface area contributed by atoms with Crippen LogP contribution in [0.3, 0.4) is 0 Å². The van der Waals surface area contributed by atoms with Crippen LogP contribution in [0.2, 0.25) is 5.02 Å². The van der Waals surface area contributed by atoms with E-state index in [1.54, 1.807) is 18.2 Å². The third-order valence-corrected chi connectivity index (χ3v) is 3.65. The van der Waals surface area contributed by atoms with Gasteiger partial charge in [0.05, 0.1) is 6.04 Å². The highest BCUT2D eigenvalue weighted by atomic mass is 79.9. The first-order valence-corrected chi connectivity index (χ1v) is 6.67. The molecule has 20 heavy (non-hydrogen) atoms. The second-order valence-electron chi connectivity index (χ2n) is 4.03. The molecule has 2 nitrogen and oxygen atoms in total. The van der Waals surface area contributed by atoms with Crippen LogP contribution in [0.5, 0.6) is 0 Å². The van der Waals surface area contributed by atoms with Gasteiger partial charge in [0.1, 0.15) is 0 Å². The van der Waals surface area contributed by atoms with Crippen molar-refractivity contribution in [3.05, 3.63) is 68.4 Å². The number of hydrogen-bond donors (Lipinski definition) is 2. The molecule has 0 aliphatic rings. The number of hydrogen-bond acceptors (Lipinski definition) is 2. The first kappa shape index (κ1) is 15.3. The van der Waals surface area contributed by atoms with Crippen molar-refractivity contribution in [3.63, 3.8) is 0 Å². The molecule has 0 radical (unpaired) electrons. The maximum atomic E-state index is 13.9. The van der Waals surface area contributed by atoms with Gasteiger partial charge in [-0.1, -0.05) is 33.6 Å². The zero-order chi connectivity index (χ0) is 14.9. The molecule has 3 N–H and O–H groups in total. The van der Waals surface area contributed by atoms with Crippen molar-refractivity contribution in [2.24, 2.45) is 5.84 Å². The van der Waals surface area contributed by atoms with Gasteiger partial charge in [-0.05, 0) is 29.8 Å². The monoisotopic (exact) mass is 364 g/mol. The number of nitrogens with one attached hydrogen (secondary N) is 1. The van der Waals surface area contributed by atoms with Crippen LogP contribution < -0.4 is 11.3 Å². The highest BCUT2D eigenvalue weighted by molar-refractivity contribution is 9.10. The Labute approximate surface area is 126 Å². The highest BCUT2D eigenvalue weighted by Crippen LogP contribution is 2.32. The Balaban J connectivity index is 2.58. The second kappa shape index (κ2) is 6.13. The number of halogens is 5. The topological polar surface area (TPSA) is 38.0 Å². The highest BCUT2D eigenvalue weighted by Gasteiger charge is 2.23. The third kappa shape index (κ3) is 2.83. The fourth-order valence-corrected chi connectivity index (χ4v) is 2.45. The Morgan fingerprint density at radius 2 is 1.75 bits per heavy atom. The Hall–Kier alpha value is -1.08. The summed E-state index contributed by atoms with van der Waals surface area (Å²) in [6.07, 6.45) is 0. The minimum absolute atomic E-state index is 0.133. The molecule has 0 saturated heterocycles. The minimum atomic E-state index is -1.55. The maximum Gasteiger partial charge on any atom is 0.194 e. The smallest absolute Gasteiger partial charge is 0.194 e. The van der Waals surface area contributed by atoms with Crippen LogP contribution in [-0.2, 0) is 0 Å². The molecule has 0 amide bonds. The van der Waals surface area contributed by atoms with Crippen LogP contribution in [0, 0.1) is 17.5 Å². The molecule has 0 aliphatic carbocycles. The molecule has 2 rings (SSSR count). The standard InChI is InChI=1S/C13H9BrClF3N2/c14-6-1-3-9(15)8(5-6)13(20-19)7-2-4-10(16)12(18)11(7)17/h1-5,13,20H,19H2. The molecule has 0 saturated carbocycles. The van der Waals surface area contributed by atoms with Gasteiger partial charge < -0.3 is 0 Å². The molecule has 1 unspecified atom stereocenters. The van der Waals surface area contributed by atoms with E-state index in [0.29, 0.717) is 15.1 Å². The van der Waals surface area contributed by atoms with E-state index < -0.39 is 23.5 Å². The SMILES string of the molecule is NNC(c1cc(Br)ccc1Cl)c1ccc(F)c(F)c1F. The van der Waals surface area contributed by atoms with Crippen LogP contribution >= 0.6 is 27.5 Å². The lowest BCUT2D eigenvalue weighted by molar-refractivity contribution is 0.433. The zero-order valence-corrected chi connectivity index (χ0v) is 12.3. The Kier molecular flexibility index (Phi) is 4.70.